The molecule has 0 aromatic heterocycles. The minimum Gasteiger partial charge on any atom is -0.341 e. The number of carbonyl (C=O) groups is 1. The van der Waals surface area contributed by atoms with Crippen LogP contribution in [0.5, 0.6) is 0 Å². The van der Waals surface area contributed by atoms with E-state index in [4.69, 9.17) is 0 Å². The van der Waals surface area contributed by atoms with Crippen LogP contribution in [0.2, 0.25) is 0 Å². The molecule has 0 spiro atoms. The van der Waals surface area contributed by atoms with Gasteiger partial charge in [-0.3, -0.25) is 4.79 Å². The maximum absolute atomic E-state index is 11.8. The number of nitrogens with zero attached hydrogens (tertiary/aromatic N) is 2. The molecule has 2 aliphatic heterocycles. The Bertz CT molecular complexity index is 267. The Hall–Kier alpha value is -0.320. The second kappa shape index (κ2) is 7.31. The lowest BCUT2D eigenvalue weighted by molar-refractivity contribution is -0.129. The number of rotatable bonds is 3. The van der Waals surface area contributed by atoms with Crippen molar-refractivity contribution in [2.24, 2.45) is 11.8 Å². The summed E-state index contributed by atoms with van der Waals surface area (Å²) < 4.78 is 0. The predicted molar refractivity (Wildman–Crippen MR) is 76.1 cm³/mol. The Morgan fingerprint density at radius 3 is 2.39 bits per heavy atom. The molecule has 1 amide bonds. The zero-order valence-electron chi connectivity index (χ0n) is 11.5. The van der Waals surface area contributed by atoms with Gasteiger partial charge in [-0.25, -0.2) is 0 Å². The summed E-state index contributed by atoms with van der Waals surface area (Å²) in [5, 5.41) is 2.95. The molecule has 2 heterocycles. The first-order chi connectivity index (χ1) is 8.20. The van der Waals surface area contributed by atoms with E-state index in [0.717, 1.165) is 24.9 Å². The van der Waals surface area contributed by atoms with Crippen LogP contribution in [0.1, 0.15) is 19.3 Å². The van der Waals surface area contributed by atoms with Gasteiger partial charge in [-0.15, -0.1) is 12.4 Å². The number of nitrogens with one attached hydrogen (secondary N) is 1. The molecule has 18 heavy (non-hydrogen) atoms. The maximum Gasteiger partial charge on any atom is 0.236 e. The van der Waals surface area contributed by atoms with Gasteiger partial charge in [0.25, 0.3) is 0 Å². The van der Waals surface area contributed by atoms with Gasteiger partial charge >= 0.3 is 0 Å². The highest BCUT2D eigenvalue weighted by molar-refractivity contribution is 5.85. The van der Waals surface area contributed by atoms with E-state index in [1.807, 2.05) is 11.9 Å². The standard InChI is InChI=1S/C13H25N3O.ClH/c1-14-9-13(17)16-8-5-12(10-16)11-3-6-15(2)7-4-11;/h11-12,14H,3-10H2,1-2H3;1H. The molecule has 2 rings (SSSR count). The Morgan fingerprint density at radius 2 is 1.78 bits per heavy atom. The van der Waals surface area contributed by atoms with E-state index in [0.29, 0.717) is 6.54 Å². The van der Waals surface area contributed by atoms with Gasteiger partial charge in [-0.05, 0) is 58.3 Å². The van der Waals surface area contributed by atoms with Gasteiger partial charge in [0.05, 0.1) is 6.54 Å². The molecule has 0 aromatic rings. The van der Waals surface area contributed by atoms with E-state index in [1.54, 1.807) is 0 Å². The molecule has 2 fully saturated rings. The summed E-state index contributed by atoms with van der Waals surface area (Å²) in [5.41, 5.74) is 0. The van der Waals surface area contributed by atoms with E-state index in [-0.39, 0.29) is 18.3 Å². The van der Waals surface area contributed by atoms with Crippen molar-refractivity contribution in [3.05, 3.63) is 0 Å². The molecule has 0 aromatic carbocycles. The molecule has 0 aliphatic carbocycles. The molecular weight excluding hydrogens is 250 g/mol. The summed E-state index contributed by atoms with van der Waals surface area (Å²) in [6.07, 6.45) is 3.84. The number of likely N-dealkylation sites (N-methyl/N-ethyl adjacent to an activating group) is 1. The molecule has 0 bridgehead atoms. The first-order valence-corrected chi connectivity index (χ1v) is 6.81. The van der Waals surface area contributed by atoms with Crippen LogP contribution in [0.25, 0.3) is 0 Å². The lowest BCUT2D eigenvalue weighted by Crippen LogP contribution is -2.37. The monoisotopic (exact) mass is 275 g/mol. The summed E-state index contributed by atoms with van der Waals surface area (Å²) in [6, 6.07) is 0. The summed E-state index contributed by atoms with van der Waals surface area (Å²) in [5.74, 6) is 1.87. The Balaban J connectivity index is 0.00000162. The molecule has 2 saturated heterocycles. The molecule has 5 heteroatoms. The lowest BCUT2D eigenvalue weighted by Gasteiger charge is -2.32. The summed E-state index contributed by atoms with van der Waals surface area (Å²) >= 11 is 0. The van der Waals surface area contributed by atoms with Crippen LogP contribution in [-0.4, -0.2) is 62.5 Å². The van der Waals surface area contributed by atoms with Crippen molar-refractivity contribution >= 4 is 18.3 Å². The van der Waals surface area contributed by atoms with E-state index < -0.39 is 0 Å². The summed E-state index contributed by atoms with van der Waals surface area (Å²) in [7, 11) is 4.04. The van der Waals surface area contributed by atoms with E-state index in [1.165, 1.54) is 32.4 Å². The highest BCUT2D eigenvalue weighted by Gasteiger charge is 2.32. The van der Waals surface area contributed by atoms with Gasteiger partial charge in [0.15, 0.2) is 0 Å². The van der Waals surface area contributed by atoms with Gasteiger partial charge in [-0.1, -0.05) is 0 Å². The van der Waals surface area contributed by atoms with Crippen LogP contribution in [0.3, 0.4) is 0 Å². The third kappa shape index (κ3) is 3.84. The van der Waals surface area contributed by atoms with Crippen molar-refractivity contribution in [1.82, 2.24) is 15.1 Å². The largest absolute Gasteiger partial charge is 0.341 e. The first kappa shape index (κ1) is 15.7. The normalized spacial score (nSPS) is 26.1. The topological polar surface area (TPSA) is 35.6 Å². The number of amides is 1. The third-order valence-corrected chi connectivity index (χ3v) is 4.34. The maximum atomic E-state index is 11.8. The summed E-state index contributed by atoms with van der Waals surface area (Å²) in [4.78, 5) is 16.2. The fourth-order valence-electron chi connectivity index (χ4n) is 3.16. The highest BCUT2D eigenvalue weighted by atomic mass is 35.5. The van der Waals surface area contributed by atoms with Crippen molar-refractivity contribution in [3.63, 3.8) is 0 Å². The van der Waals surface area contributed by atoms with E-state index in [9.17, 15) is 4.79 Å². The third-order valence-electron chi connectivity index (χ3n) is 4.34. The SMILES string of the molecule is CNCC(=O)N1CCC(C2CCN(C)CC2)C1.Cl. The van der Waals surface area contributed by atoms with Crippen molar-refractivity contribution in [1.29, 1.82) is 0 Å². The van der Waals surface area contributed by atoms with E-state index >= 15 is 0 Å². The van der Waals surface area contributed by atoms with Crippen LogP contribution in [0, 0.1) is 11.8 Å². The van der Waals surface area contributed by atoms with Gasteiger partial charge in [-0.2, -0.15) is 0 Å². The van der Waals surface area contributed by atoms with Gasteiger partial charge < -0.3 is 15.1 Å². The second-order valence-electron chi connectivity index (χ2n) is 5.56. The molecule has 1 N–H and O–H groups in total. The second-order valence-corrected chi connectivity index (χ2v) is 5.56. The number of likely N-dealkylation sites (tertiary alicyclic amines) is 2. The minimum absolute atomic E-state index is 0. The Labute approximate surface area is 116 Å². The van der Waals surface area contributed by atoms with Crippen LogP contribution >= 0.6 is 12.4 Å². The fourth-order valence-corrected chi connectivity index (χ4v) is 3.16. The smallest absolute Gasteiger partial charge is 0.236 e. The Morgan fingerprint density at radius 1 is 1.17 bits per heavy atom. The number of hydrogen-bond donors (Lipinski definition) is 1. The van der Waals surface area contributed by atoms with Crippen LogP contribution in [0.15, 0.2) is 0 Å². The molecule has 0 saturated carbocycles. The summed E-state index contributed by atoms with van der Waals surface area (Å²) in [6.45, 7) is 4.91. The number of carbonyl (C=O) groups excluding carboxylic acids is 1. The average molecular weight is 276 g/mol. The molecule has 1 atom stereocenters. The van der Waals surface area contributed by atoms with Crippen molar-refractivity contribution in [3.8, 4) is 0 Å². The van der Waals surface area contributed by atoms with Crippen molar-refractivity contribution in [2.45, 2.75) is 19.3 Å². The number of halogens is 1. The fraction of sp³-hybridized carbons (Fsp3) is 0.923. The lowest BCUT2D eigenvalue weighted by atomic mass is 9.84. The molecular formula is C13H26ClN3O. The molecule has 0 radical (unpaired) electrons. The van der Waals surface area contributed by atoms with E-state index in [2.05, 4.69) is 17.3 Å². The molecule has 2 aliphatic rings. The highest BCUT2D eigenvalue weighted by Crippen LogP contribution is 2.31. The van der Waals surface area contributed by atoms with Gasteiger partial charge in [0.2, 0.25) is 5.91 Å². The molecule has 1 unspecified atom stereocenters. The van der Waals surface area contributed by atoms with Crippen LogP contribution in [-0.2, 0) is 4.79 Å². The zero-order valence-corrected chi connectivity index (χ0v) is 12.3. The first-order valence-electron chi connectivity index (χ1n) is 6.81. The minimum atomic E-state index is 0. The zero-order chi connectivity index (χ0) is 12.3. The van der Waals surface area contributed by atoms with Crippen molar-refractivity contribution in [2.75, 3.05) is 46.8 Å². The number of piperidine rings is 1. The number of hydrogen-bond acceptors (Lipinski definition) is 3. The van der Waals surface area contributed by atoms with Gasteiger partial charge in [0.1, 0.15) is 0 Å². The van der Waals surface area contributed by atoms with Crippen LogP contribution in [0.4, 0.5) is 0 Å². The Kier molecular flexibility index (Phi) is 6.39. The van der Waals surface area contributed by atoms with Crippen molar-refractivity contribution < 1.29 is 4.79 Å². The molecule has 106 valence electrons. The van der Waals surface area contributed by atoms with Gasteiger partial charge in [0, 0.05) is 13.1 Å². The average Bonchev–Trinajstić information content (AvgIpc) is 2.80. The quantitative estimate of drug-likeness (QED) is 0.828. The predicted octanol–water partition coefficient (Wildman–Crippen LogP) is 0.818. The van der Waals surface area contributed by atoms with Crippen LogP contribution < -0.4 is 5.32 Å². The molecule has 4 nitrogen and oxygen atoms in total.